The average molecular weight is 327 g/mol. The number of amides is 2. The summed E-state index contributed by atoms with van der Waals surface area (Å²) < 4.78 is 0. The topological polar surface area (TPSA) is 35.6 Å². The second kappa shape index (κ2) is 7.14. The molecule has 4 nitrogen and oxygen atoms in total. The first-order chi connectivity index (χ1) is 11.8. The van der Waals surface area contributed by atoms with Crippen LogP contribution < -0.4 is 5.32 Å². The number of carbonyl (C=O) groups is 1. The van der Waals surface area contributed by atoms with E-state index in [-0.39, 0.29) is 6.03 Å². The number of likely N-dealkylation sites (tertiary alicyclic amines) is 2. The molecule has 2 amide bonds. The fourth-order valence-electron chi connectivity index (χ4n) is 4.51. The minimum absolute atomic E-state index is 0.164. The molecular formula is C20H29N3O. The minimum atomic E-state index is 0.164. The van der Waals surface area contributed by atoms with Crippen LogP contribution in [0.3, 0.4) is 0 Å². The van der Waals surface area contributed by atoms with E-state index in [1.165, 1.54) is 44.3 Å². The number of hydrogen-bond acceptors (Lipinski definition) is 2. The van der Waals surface area contributed by atoms with E-state index >= 15 is 0 Å². The lowest BCUT2D eigenvalue weighted by Crippen LogP contribution is -2.64. The zero-order valence-electron chi connectivity index (χ0n) is 14.5. The summed E-state index contributed by atoms with van der Waals surface area (Å²) >= 11 is 0. The Labute approximate surface area is 145 Å². The molecule has 0 bridgehead atoms. The van der Waals surface area contributed by atoms with Gasteiger partial charge in [0.15, 0.2) is 0 Å². The number of nitrogens with zero attached hydrogens (tertiary/aromatic N) is 2. The van der Waals surface area contributed by atoms with Gasteiger partial charge >= 0.3 is 6.03 Å². The third-order valence-electron chi connectivity index (χ3n) is 6.15. The van der Waals surface area contributed by atoms with E-state index in [4.69, 9.17) is 0 Å². The highest BCUT2D eigenvalue weighted by Gasteiger charge is 2.37. The van der Waals surface area contributed by atoms with Crippen molar-refractivity contribution in [2.75, 3.05) is 26.2 Å². The van der Waals surface area contributed by atoms with Crippen LogP contribution in [-0.4, -0.2) is 54.1 Å². The van der Waals surface area contributed by atoms with Gasteiger partial charge in [0.2, 0.25) is 0 Å². The van der Waals surface area contributed by atoms with Gasteiger partial charge in [0.25, 0.3) is 0 Å². The highest BCUT2D eigenvalue weighted by atomic mass is 16.2. The van der Waals surface area contributed by atoms with Gasteiger partial charge in [0.05, 0.1) is 0 Å². The zero-order chi connectivity index (χ0) is 16.4. The summed E-state index contributed by atoms with van der Waals surface area (Å²) in [6.07, 6.45) is 7.35. The number of hydrogen-bond donors (Lipinski definition) is 1. The van der Waals surface area contributed by atoms with Gasteiger partial charge in [-0.05, 0) is 50.3 Å². The van der Waals surface area contributed by atoms with E-state index in [0.717, 1.165) is 25.9 Å². The van der Waals surface area contributed by atoms with Crippen molar-refractivity contribution < 1.29 is 4.79 Å². The third-order valence-corrected chi connectivity index (χ3v) is 6.15. The summed E-state index contributed by atoms with van der Waals surface area (Å²) in [4.78, 5) is 16.8. The molecule has 130 valence electrons. The summed E-state index contributed by atoms with van der Waals surface area (Å²) in [5.74, 6) is 0.712. The summed E-state index contributed by atoms with van der Waals surface area (Å²) in [5.41, 5.74) is 1.49. The zero-order valence-corrected chi connectivity index (χ0v) is 14.5. The highest BCUT2D eigenvalue weighted by Crippen LogP contribution is 2.30. The highest BCUT2D eigenvalue weighted by molar-refractivity contribution is 5.75. The predicted octanol–water partition coefficient (Wildman–Crippen LogP) is 3.20. The number of piperidine rings is 1. The molecule has 0 unspecified atom stereocenters. The molecule has 2 aliphatic heterocycles. The van der Waals surface area contributed by atoms with Crippen LogP contribution in [-0.2, 0) is 0 Å². The molecule has 24 heavy (non-hydrogen) atoms. The van der Waals surface area contributed by atoms with Gasteiger partial charge in [-0.15, -0.1) is 0 Å². The summed E-state index contributed by atoms with van der Waals surface area (Å²) in [7, 11) is 0. The summed E-state index contributed by atoms with van der Waals surface area (Å²) in [6.45, 7) is 4.16. The molecule has 3 fully saturated rings. The maximum Gasteiger partial charge on any atom is 0.317 e. The monoisotopic (exact) mass is 327 g/mol. The van der Waals surface area contributed by atoms with Crippen LogP contribution in [0.2, 0.25) is 0 Å². The van der Waals surface area contributed by atoms with Crippen LogP contribution in [0.15, 0.2) is 30.3 Å². The van der Waals surface area contributed by atoms with E-state index < -0.39 is 0 Å². The van der Waals surface area contributed by atoms with Crippen molar-refractivity contribution in [3.05, 3.63) is 35.9 Å². The van der Waals surface area contributed by atoms with E-state index in [0.29, 0.717) is 18.0 Å². The Hall–Kier alpha value is -1.55. The third kappa shape index (κ3) is 3.44. The van der Waals surface area contributed by atoms with E-state index in [9.17, 15) is 4.79 Å². The smallest absolute Gasteiger partial charge is 0.317 e. The Morgan fingerprint density at radius 3 is 2.29 bits per heavy atom. The van der Waals surface area contributed by atoms with Gasteiger partial charge in [-0.3, -0.25) is 4.90 Å². The van der Waals surface area contributed by atoms with Gasteiger partial charge < -0.3 is 10.2 Å². The molecule has 1 saturated carbocycles. The molecule has 0 aromatic heterocycles. The van der Waals surface area contributed by atoms with Gasteiger partial charge in [-0.25, -0.2) is 4.79 Å². The summed E-state index contributed by atoms with van der Waals surface area (Å²) in [5, 5.41) is 3.20. The number of rotatable bonds is 3. The van der Waals surface area contributed by atoms with E-state index in [1.807, 2.05) is 4.90 Å². The second-order valence-corrected chi connectivity index (χ2v) is 7.71. The van der Waals surface area contributed by atoms with Crippen LogP contribution in [0.4, 0.5) is 4.79 Å². The van der Waals surface area contributed by atoms with E-state index in [2.05, 4.69) is 40.5 Å². The largest absolute Gasteiger partial charge is 0.335 e. The number of benzene rings is 1. The van der Waals surface area contributed by atoms with Crippen LogP contribution in [0.25, 0.3) is 0 Å². The average Bonchev–Trinajstić information content (AvgIpc) is 3.08. The van der Waals surface area contributed by atoms with Crippen LogP contribution in [0.5, 0.6) is 0 Å². The molecule has 4 rings (SSSR count). The number of nitrogens with one attached hydrogen (secondary N) is 1. The number of urea groups is 1. The van der Waals surface area contributed by atoms with Crippen LogP contribution in [0, 0.1) is 0 Å². The molecule has 0 spiro atoms. The lowest BCUT2D eigenvalue weighted by molar-refractivity contribution is 0.0406. The SMILES string of the molecule is O=C(NC1CCCC1)N1CC(N2CCC(c3ccccc3)CC2)C1. The molecule has 0 atom stereocenters. The molecule has 4 heteroatoms. The molecule has 1 aromatic carbocycles. The first-order valence-corrected chi connectivity index (χ1v) is 9.64. The molecule has 2 heterocycles. The van der Waals surface area contributed by atoms with Crippen molar-refractivity contribution in [1.29, 1.82) is 0 Å². The van der Waals surface area contributed by atoms with Crippen molar-refractivity contribution in [1.82, 2.24) is 15.1 Å². The van der Waals surface area contributed by atoms with Crippen molar-refractivity contribution in [3.8, 4) is 0 Å². The predicted molar refractivity (Wildman–Crippen MR) is 96.1 cm³/mol. The Kier molecular flexibility index (Phi) is 4.74. The molecule has 1 aromatic rings. The Balaban J connectivity index is 1.20. The fraction of sp³-hybridized carbons (Fsp3) is 0.650. The normalized spacial score (nSPS) is 24.1. The molecule has 3 aliphatic rings. The summed E-state index contributed by atoms with van der Waals surface area (Å²) in [6, 6.07) is 12.1. The first-order valence-electron chi connectivity index (χ1n) is 9.64. The Morgan fingerprint density at radius 1 is 0.958 bits per heavy atom. The van der Waals surface area contributed by atoms with Gasteiger partial charge in [-0.1, -0.05) is 43.2 Å². The lowest BCUT2D eigenvalue weighted by atomic mass is 9.88. The Morgan fingerprint density at radius 2 is 1.62 bits per heavy atom. The van der Waals surface area contributed by atoms with Gasteiger partial charge in [0, 0.05) is 25.2 Å². The molecule has 1 aliphatic carbocycles. The van der Waals surface area contributed by atoms with Crippen molar-refractivity contribution in [3.63, 3.8) is 0 Å². The molecular weight excluding hydrogens is 298 g/mol. The second-order valence-electron chi connectivity index (χ2n) is 7.71. The quantitative estimate of drug-likeness (QED) is 0.925. The van der Waals surface area contributed by atoms with Crippen molar-refractivity contribution in [2.45, 2.75) is 56.5 Å². The molecule has 2 saturated heterocycles. The Bertz CT molecular complexity index is 541. The number of carbonyl (C=O) groups excluding carboxylic acids is 1. The first kappa shape index (κ1) is 15.9. The van der Waals surface area contributed by atoms with Gasteiger partial charge in [0.1, 0.15) is 0 Å². The fourth-order valence-corrected chi connectivity index (χ4v) is 4.51. The van der Waals surface area contributed by atoms with E-state index in [1.54, 1.807) is 0 Å². The minimum Gasteiger partial charge on any atom is -0.335 e. The standard InChI is InChI=1S/C20H29N3O/c24-20(21-18-8-4-5-9-18)23-14-19(15-23)22-12-10-17(11-13-22)16-6-2-1-3-7-16/h1-3,6-7,17-19H,4-5,8-15H2,(H,21,24). The molecule has 1 N–H and O–H groups in total. The lowest BCUT2D eigenvalue weighted by Gasteiger charge is -2.47. The van der Waals surface area contributed by atoms with Crippen molar-refractivity contribution >= 4 is 6.03 Å². The molecule has 0 radical (unpaired) electrons. The van der Waals surface area contributed by atoms with Crippen LogP contribution in [0.1, 0.15) is 50.0 Å². The maximum atomic E-state index is 12.2. The maximum absolute atomic E-state index is 12.2. The van der Waals surface area contributed by atoms with Crippen molar-refractivity contribution in [2.24, 2.45) is 0 Å². The van der Waals surface area contributed by atoms with Gasteiger partial charge in [-0.2, -0.15) is 0 Å². The van der Waals surface area contributed by atoms with Crippen LogP contribution >= 0.6 is 0 Å².